The number of hydrogen-bond donors (Lipinski definition) is 1. The molecule has 2 aromatic rings. The highest BCUT2D eigenvalue weighted by Crippen LogP contribution is 2.29. The van der Waals surface area contributed by atoms with Gasteiger partial charge in [0.05, 0.1) is 6.61 Å². The molecular formula is C15H21N3OS. The zero-order valence-electron chi connectivity index (χ0n) is 12.4. The van der Waals surface area contributed by atoms with Crippen molar-refractivity contribution in [2.45, 2.75) is 33.7 Å². The van der Waals surface area contributed by atoms with E-state index in [1.165, 1.54) is 0 Å². The van der Waals surface area contributed by atoms with E-state index in [0.29, 0.717) is 12.0 Å². The summed E-state index contributed by atoms with van der Waals surface area (Å²) in [6.45, 7) is 9.17. The summed E-state index contributed by atoms with van der Waals surface area (Å²) in [5.74, 6) is 1.40. The predicted octanol–water partition coefficient (Wildman–Crippen LogP) is 4.06. The highest BCUT2D eigenvalue weighted by atomic mass is 32.1. The number of aromatic nitrogens is 2. The average Bonchev–Trinajstić information content (AvgIpc) is 2.84. The summed E-state index contributed by atoms with van der Waals surface area (Å²) < 4.78 is 5.74. The zero-order chi connectivity index (χ0) is 14.5. The van der Waals surface area contributed by atoms with Gasteiger partial charge >= 0.3 is 0 Å². The molecule has 20 heavy (non-hydrogen) atoms. The van der Waals surface area contributed by atoms with Gasteiger partial charge in [0.15, 0.2) is 0 Å². The van der Waals surface area contributed by atoms with Gasteiger partial charge in [-0.1, -0.05) is 37.3 Å². The maximum absolute atomic E-state index is 5.74. The number of hydrogen-bond acceptors (Lipinski definition) is 5. The molecule has 0 saturated heterocycles. The Labute approximate surface area is 124 Å². The molecule has 4 nitrogen and oxygen atoms in total. The van der Waals surface area contributed by atoms with Crippen LogP contribution in [0.1, 0.15) is 27.7 Å². The molecule has 2 rings (SSSR count). The number of anilines is 1. The summed E-state index contributed by atoms with van der Waals surface area (Å²) in [4.78, 5) is 0. The largest absolute Gasteiger partial charge is 0.493 e. The number of rotatable bonds is 6. The van der Waals surface area contributed by atoms with Crippen LogP contribution >= 0.6 is 11.3 Å². The quantitative estimate of drug-likeness (QED) is 0.872. The first-order chi connectivity index (χ1) is 9.54. The van der Waals surface area contributed by atoms with E-state index in [0.717, 1.165) is 28.1 Å². The minimum Gasteiger partial charge on any atom is -0.493 e. The molecule has 1 heterocycles. The molecular weight excluding hydrogens is 270 g/mol. The Morgan fingerprint density at radius 1 is 1.20 bits per heavy atom. The Kier molecular flexibility index (Phi) is 4.95. The van der Waals surface area contributed by atoms with Crippen molar-refractivity contribution in [2.75, 3.05) is 11.9 Å². The Morgan fingerprint density at radius 2 is 2.00 bits per heavy atom. The van der Waals surface area contributed by atoms with E-state index in [1.807, 2.05) is 24.3 Å². The Hall–Kier alpha value is -1.62. The van der Waals surface area contributed by atoms with Crippen LogP contribution in [0.5, 0.6) is 5.75 Å². The molecule has 0 aliphatic carbocycles. The van der Waals surface area contributed by atoms with E-state index < -0.39 is 0 Å². The molecule has 0 aliphatic rings. The Balaban J connectivity index is 2.12. The van der Waals surface area contributed by atoms with E-state index in [2.05, 4.69) is 43.2 Å². The lowest BCUT2D eigenvalue weighted by atomic mass is 10.2. The normalized spacial score (nSPS) is 11.1. The monoisotopic (exact) mass is 291 g/mol. The molecule has 0 fully saturated rings. The molecule has 0 atom stereocenters. The first kappa shape index (κ1) is 14.8. The second-order valence-electron chi connectivity index (χ2n) is 5.44. The van der Waals surface area contributed by atoms with Crippen LogP contribution in [0.15, 0.2) is 24.3 Å². The highest BCUT2D eigenvalue weighted by Gasteiger charge is 2.08. The van der Waals surface area contributed by atoms with Crippen molar-refractivity contribution < 1.29 is 4.74 Å². The van der Waals surface area contributed by atoms with Crippen molar-refractivity contribution in [2.24, 2.45) is 5.92 Å². The van der Waals surface area contributed by atoms with Gasteiger partial charge < -0.3 is 10.1 Å². The maximum Gasteiger partial charge on any atom is 0.206 e. The summed E-state index contributed by atoms with van der Waals surface area (Å²) in [5, 5.41) is 13.4. The second kappa shape index (κ2) is 6.70. The Morgan fingerprint density at radius 3 is 2.70 bits per heavy atom. The summed E-state index contributed by atoms with van der Waals surface area (Å²) in [6.07, 6.45) is 0. The SMILES string of the molecule is CC(C)COc1cccc(-c2nnc(NC(C)C)s2)c1. The summed E-state index contributed by atoms with van der Waals surface area (Å²) in [5.41, 5.74) is 1.04. The molecule has 0 saturated carbocycles. The van der Waals surface area contributed by atoms with Crippen LogP contribution in [0.3, 0.4) is 0 Å². The standard InChI is InChI=1S/C15H21N3OS/c1-10(2)9-19-13-7-5-6-12(8-13)14-17-18-15(20-14)16-11(3)4/h5-8,10-11H,9H2,1-4H3,(H,16,18). The van der Waals surface area contributed by atoms with E-state index in [9.17, 15) is 0 Å². The van der Waals surface area contributed by atoms with Gasteiger partial charge in [-0.15, -0.1) is 10.2 Å². The summed E-state index contributed by atoms with van der Waals surface area (Å²) in [6, 6.07) is 8.36. The summed E-state index contributed by atoms with van der Waals surface area (Å²) in [7, 11) is 0. The van der Waals surface area contributed by atoms with Crippen LogP contribution in [0, 0.1) is 5.92 Å². The third-order valence-corrected chi connectivity index (χ3v) is 3.41. The van der Waals surface area contributed by atoms with Crippen LogP contribution < -0.4 is 10.1 Å². The van der Waals surface area contributed by atoms with Crippen molar-refractivity contribution in [1.82, 2.24) is 10.2 Å². The van der Waals surface area contributed by atoms with Gasteiger partial charge in [0, 0.05) is 11.6 Å². The fourth-order valence-corrected chi connectivity index (χ4v) is 2.51. The predicted molar refractivity (Wildman–Crippen MR) is 84.4 cm³/mol. The van der Waals surface area contributed by atoms with Crippen molar-refractivity contribution >= 4 is 16.5 Å². The second-order valence-corrected chi connectivity index (χ2v) is 6.42. The number of ether oxygens (including phenoxy) is 1. The van der Waals surface area contributed by atoms with Gasteiger partial charge in [-0.25, -0.2) is 0 Å². The van der Waals surface area contributed by atoms with Crippen molar-refractivity contribution in [3.05, 3.63) is 24.3 Å². The van der Waals surface area contributed by atoms with E-state index >= 15 is 0 Å². The van der Waals surface area contributed by atoms with Crippen molar-refractivity contribution in [1.29, 1.82) is 0 Å². The topological polar surface area (TPSA) is 47.0 Å². The fourth-order valence-electron chi connectivity index (χ4n) is 1.63. The smallest absolute Gasteiger partial charge is 0.206 e. The van der Waals surface area contributed by atoms with Crippen LogP contribution in [-0.2, 0) is 0 Å². The molecule has 108 valence electrons. The van der Waals surface area contributed by atoms with Gasteiger partial charge in [0.25, 0.3) is 0 Å². The molecule has 5 heteroatoms. The van der Waals surface area contributed by atoms with Crippen LogP contribution in [-0.4, -0.2) is 22.8 Å². The lowest BCUT2D eigenvalue weighted by molar-refractivity contribution is 0.271. The molecule has 0 unspecified atom stereocenters. The molecule has 1 aromatic heterocycles. The van der Waals surface area contributed by atoms with Gasteiger partial charge in [-0.2, -0.15) is 0 Å². The number of nitrogens with zero attached hydrogens (tertiary/aromatic N) is 2. The molecule has 0 spiro atoms. The van der Waals surface area contributed by atoms with Crippen molar-refractivity contribution in [3.63, 3.8) is 0 Å². The van der Waals surface area contributed by atoms with Gasteiger partial charge in [0.1, 0.15) is 10.8 Å². The van der Waals surface area contributed by atoms with E-state index in [-0.39, 0.29) is 0 Å². The molecule has 0 amide bonds. The first-order valence-electron chi connectivity index (χ1n) is 6.88. The van der Waals surface area contributed by atoms with Gasteiger partial charge in [-0.05, 0) is 31.9 Å². The van der Waals surface area contributed by atoms with Gasteiger partial charge in [-0.3, -0.25) is 0 Å². The van der Waals surface area contributed by atoms with Crippen LogP contribution in [0.2, 0.25) is 0 Å². The maximum atomic E-state index is 5.74. The van der Waals surface area contributed by atoms with E-state index in [4.69, 9.17) is 4.74 Å². The van der Waals surface area contributed by atoms with Gasteiger partial charge in [0.2, 0.25) is 5.13 Å². The average molecular weight is 291 g/mol. The lowest BCUT2D eigenvalue weighted by Crippen LogP contribution is -2.08. The highest BCUT2D eigenvalue weighted by molar-refractivity contribution is 7.18. The molecule has 1 aromatic carbocycles. The molecule has 1 N–H and O–H groups in total. The summed E-state index contributed by atoms with van der Waals surface area (Å²) >= 11 is 1.56. The van der Waals surface area contributed by atoms with E-state index in [1.54, 1.807) is 11.3 Å². The third-order valence-electron chi connectivity index (χ3n) is 2.50. The first-order valence-corrected chi connectivity index (χ1v) is 7.69. The molecule has 0 bridgehead atoms. The third kappa shape index (κ3) is 4.20. The number of benzene rings is 1. The number of nitrogens with one attached hydrogen (secondary N) is 1. The Bertz CT molecular complexity index is 552. The lowest BCUT2D eigenvalue weighted by Gasteiger charge is -2.09. The van der Waals surface area contributed by atoms with Crippen LogP contribution in [0.25, 0.3) is 10.6 Å². The minimum absolute atomic E-state index is 0.358. The minimum atomic E-state index is 0.358. The van der Waals surface area contributed by atoms with Crippen LogP contribution in [0.4, 0.5) is 5.13 Å². The molecule has 0 aliphatic heterocycles. The fraction of sp³-hybridized carbons (Fsp3) is 0.467. The van der Waals surface area contributed by atoms with Crippen molar-refractivity contribution in [3.8, 4) is 16.3 Å². The zero-order valence-corrected chi connectivity index (χ0v) is 13.2. The molecule has 0 radical (unpaired) electrons.